The van der Waals surface area contributed by atoms with Crippen molar-refractivity contribution >= 4 is 39.4 Å². The van der Waals surface area contributed by atoms with Gasteiger partial charge in [0.25, 0.3) is 0 Å². The van der Waals surface area contributed by atoms with E-state index < -0.39 is 0 Å². The van der Waals surface area contributed by atoms with Gasteiger partial charge in [0.05, 0.1) is 24.5 Å². The third kappa shape index (κ3) is 3.98. The summed E-state index contributed by atoms with van der Waals surface area (Å²) in [5.41, 5.74) is 14.6. The summed E-state index contributed by atoms with van der Waals surface area (Å²) in [6.07, 6.45) is 1.72. The van der Waals surface area contributed by atoms with Crippen LogP contribution in [0.1, 0.15) is 18.1 Å². The van der Waals surface area contributed by atoms with Gasteiger partial charge < -0.3 is 16.2 Å². The van der Waals surface area contributed by atoms with E-state index in [1.54, 1.807) is 19.1 Å². The molecular formula is C14H20BrN3O2. The molecule has 0 saturated carbocycles. The number of anilines is 2. The first-order valence-corrected chi connectivity index (χ1v) is 7.02. The fourth-order valence-electron chi connectivity index (χ4n) is 1.90. The first-order valence-electron chi connectivity index (χ1n) is 6.23. The summed E-state index contributed by atoms with van der Waals surface area (Å²) in [7, 11) is 1.82. The van der Waals surface area contributed by atoms with E-state index in [0.29, 0.717) is 24.5 Å². The van der Waals surface area contributed by atoms with Gasteiger partial charge in [0.2, 0.25) is 0 Å². The van der Waals surface area contributed by atoms with Crippen molar-refractivity contribution in [3.8, 4) is 0 Å². The van der Waals surface area contributed by atoms with Crippen LogP contribution in [0.3, 0.4) is 0 Å². The van der Waals surface area contributed by atoms with Gasteiger partial charge in [0.1, 0.15) is 0 Å². The molecule has 1 aromatic rings. The van der Waals surface area contributed by atoms with Gasteiger partial charge in [0.15, 0.2) is 0 Å². The molecule has 0 aromatic heterocycles. The number of esters is 1. The predicted molar refractivity (Wildman–Crippen MR) is 86.0 cm³/mol. The molecule has 0 aliphatic carbocycles. The van der Waals surface area contributed by atoms with Crippen molar-refractivity contribution in [2.45, 2.75) is 13.5 Å². The van der Waals surface area contributed by atoms with Crippen molar-refractivity contribution < 1.29 is 9.53 Å². The van der Waals surface area contributed by atoms with E-state index in [1.807, 2.05) is 11.9 Å². The minimum atomic E-state index is -0.267. The Hall–Kier alpha value is -1.53. The minimum Gasteiger partial charge on any atom is -0.465 e. The number of carbonyl (C=O) groups excluding carboxylic acids is 1. The summed E-state index contributed by atoms with van der Waals surface area (Å²) < 4.78 is 5.75. The summed E-state index contributed by atoms with van der Waals surface area (Å²) in [4.78, 5) is 13.3. The highest BCUT2D eigenvalue weighted by Crippen LogP contribution is 2.32. The lowest BCUT2D eigenvalue weighted by Gasteiger charge is -2.20. The van der Waals surface area contributed by atoms with Crippen LogP contribution in [0, 0.1) is 0 Å². The Balaban J connectivity index is 2.96. The van der Waals surface area contributed by atoms with E-state index in [0.717, 1.165) is 15.6 Å². The van der Waals surface area contributed by atoms with Gasteiger partial charge in [-0.3, -0.25) is 9.69 Å². The number of ether oxygens (including phenoxy) is 1. The van der Waals surface area contributed by atoms with Crippen LogP contribution in [0.15, 0.2) is 17.1 Å². The maximum atomic E-state index is 11.5. The molecule has 5 nitrogen and oxygen atoms in total. The molecule has 0 aliphatic rings. The molecule has 0 atom stereocenters. The molecule has 4 N–H and O–H groups in total. The third-order valence-corrected chi connectivity index (χ3v) is 3.49. The molecule has 20 heavy (non-hydrogen) atoms. The molecule has 0 amide bonds. The number of benzene rings is 1. The monoisotopic (exact) mass is 341 g/mol. The lowest BCUT2D eigenvalue weighted by Crippen LogP contribution is -2.27. The predicted octanol–water partition coefficient (Wildman–Crippen LogP) is 2.25. The van der Waals surface area contributed by atoms with Crippen molar-refractivity contribution in [1.82, 2.24) is 4.90 Å². The van der Waals surface area contributed by atoms with Crippen molar-refractivity contribution in [3.05, 3.63) is 28.2 Å². The highest BCUT2D eigenvalue weighted by atomic mass is 79.9. The van der Waals surface area contributed by atoms with Gasteiger partial charge in [-0.05, 0) is 31.2 Å². The van der Waals surface area contributed by atoms with Crippen LogP contribution in [-0.4, -0.2) is 31.1 Å². The molecule has 6 heteroatoms. The normalized spacial score (nSPS) is 10.6. The Bertz CT molecular complexity index is 518. The van der Waals surface area contributed by atoms with Gasteiger partial charge in [0, 0.05) is 11.0 Å². The molecule has 1 aromatic carbocycles. The van der Waals surface area contributed by atoms with Gasteiger partial charge in [-0.1, -0.05) is 28.6 Å². The van der Waals surface area contributed by atoms with Crippen molar-refractivity contribution in [2.75, 3.05) is 31.7 Å². The largest absolute Gasteiger partial charge is 0.465 e. The topological polar surface area (TPSA) is 81.6 Å². The number of carbonyl (C=O) groups is 1. The highest BCUT2D eigenvalue weighted by molar-refractivity contribution is 9.10. The standard InChI is InChI=1S/C14H20BrN3O2/c1-4-9-10(14(17)12(16)6-11(9)15)7-18(3)8-13(19)20-5-2/h4,6H,1,5,7-8,16-17H2,2-3H3. The Morgan fingerprint density at radius 3 is 2.75 bits per heavy atom. The number of likely N-dealkylation sites (N-methyl/N-ethyl adjacent to an activating group) is 1. The number of nitrogens with zero attached hydrogens (tertiary/aromatic N) is 1. The Morgan fingerprint density at radius 2 is 2.20 bits per heavy atom. The van der Waals surface area contributed by atoms with E-state index in [4.69, 9.17) is 16.2 Å². The summed E-state index contributed by atoms with van der Waals surface area (Å²) >= 11 is 3.44. The van der Waals surface area contributed by atoms with Gasteiger partial charge in [-0.25, -0.2) is 0 Å². The molecule has 1 rings (SSSR count). The summed E-state index contributed by atoms with van der Waals surface area (Å²) in [5, 5.41) is 0. The van der Waals surface area contributed by atoms with Crippen LogP contribution in [-0.2, 0) is 16.1 Å². The molecule has 0 heterocycles. The molecule has 0 spiro atoms. The average Bonchev–Trinajstić information content (AvgIpc) is 2.36. The van der Waals surface area contributed by atoms with Crippen molar-refractivity contribution in [1.29, 1.82) is 0 Å². The van der Waals surface area contributed by atoms with Gasteiger partial charge in [-0.2, -0.15) is 0 Å². The van der Waals surface area contributed by atoms with Gasteiger partial charge >= 0.3 is 5.97 Å². The van der Waals surface area contributed by atoms with E-state index in [2.05, 4.69) is 22.5 Å². The van der Waals surface area contributed by atoms with Crippen molar-refractivity contribution in [3.63, 3.8) is 0 Å². The van der Waals surface area contributed by atoms with Crippen molar-refractivity contribution in [2.24, 2.45) is 0 Å². The number of hydrogen-bond donors (Lipinski definition) is 2. The quantitative estimate of drug-likeness (QED) is 0.612. The smallest absolute Gasteiger partial charge is 0.320 e. The lowest BCUT2D eigenvalue weighted by molar-refractivity contribution is -0.144. The zero-order valence-corrected chi connectivity index (χ0v) is 13.4. The second-order valence-corrected chi connectivity index (χ2v) is 5.29. The molecule has 0 aliphatic heterocycles. The molecule has 0 saturated heterocycles. The second kappa shape index (κ2) is 7.31. The van der Waals surface area contributed by atoms with E-state index in [-0.39, 0.29) is 12.5 Å². The number of rotatable bonds is 6. The summed E-state index contributed by atoms with van der Waals surface area (Å²) in [6.45, 7) is 6.61. The maximum absolute atomic E-state index is 11.5. The second-order valence-electron chi connectivity index (χ2n) is 4.43. The fraction of sp³-hybridized carbons (Fsp3) is 0.357. The van der Waals surface area contributed by atoms with Gasteiger partial charge in [-0.15, -0.1) is 0 Å². The van der Waals surface area contributed by atoms with Crippen LogP contribution in [0.5, 0.6) is 0 Å². The molecule has 0 bridgehead atoms. The van der Waals surface area contributed by atoms with E-state index in [9.17, 15) is 4.79 Å². The van der Waals surface area contributed by atoms with Crippen LogP contribution >= 0.6 is 15.9 Å². The first-order chi connectivity index (χ1) is 9.40. The molecule has 0 unspecified atom stereocenters. The summed E-state index contributed by atoms with van der Waals surface area (Å²) in [5.74, 6) is -0.267. The number of nitrogen functional groups attached to an aromatic ring is 2. The Labute approximate surface area is 127 Å². The Morgan fingerprint density at radius 1 is 1.55 bits per heavy atom. The summed E-state index contributed by atoms with van der Waals surface area (Å²) in [6, 6.07) is 1.75. The third-order valence-electron chi connectivity index (χ3n) is 2.84. The number of nitrogens with two attached hydrogens (primary N) is 2. The maximum Gasteiger partial charge on any atom is 0.320 e. The first kappa shape index (κ1) is 16.5. The minimum absolute atomic E-state index is 0.191. The average molecular weight is 342 g/mol. The Kier molecular flexibility index (Phi) is 6.04. The fourth-order valence-corrected chi connectivity index (χ4v) is 2.55. The number of hydrogen-bond acceptors (Lipinski definition) is 5. The van der Waals surface area contributed by atoms with E-state index >= 15 is 0 Å². The molecule has 0 radical (unpaired) electrons. The zero-order valence-electron chi connectivity index (χ0n) is 11.8. The molecular weight excluding hydrogens is 322 g/mol. The number of halogens is 1. The SMILES string of the molecule is C=Cc1c(Br)cc(N)c(N)c1CN(C)CC(=O)OCC. The van der Waals surface area contributed by atoms with Crippen LogP contribution in [0.4, 0.5) is 11.4 Å². The van der Waals surface area contributed by atoms with Crippen LogP contribution in [0.25, 0.3) is 6.08 Å². The lowest BCUT2D eigenvalue weighted by atomic mass is 10.0. The van der Waals surface area contributed by atoms with E-state index in [1.165, 1.54) is 0 Å². The molecule has 110 valence electrons. The van der Waals surface area contributed by atoms with Crippen LogP contribution < -0.4 is 11.5 Å². The molecule has 0 fully saturated rings. The highest BCUT2D eigenvalue weighted by Gasteiger charge is 2.15. The zero-order chi connectivity index (χ0) is 15.3. The van der Waals surface area contributed by atoms with Crippen LogP contribution in [0.2, 0.25) is 0 Å².